The first-order valence-corrected chi connectivity index (χ1v) is 9.53. The van der Waals surface area contributed by atoms with Gasteiger partial charge in [-0.2, -0.15) is 4.98 Å². The van der Waals surface area contributed by atoms with Gasteiger partial charge in [-0.3, -0.25) is 9.59 Å². The monoisotopic (exact) mass is 433 g/mol. The zero-order valence-electron chi connectivity index (χ0n) is 16.2. The number of carbonyl (C=O) groups excluding carboxylic acids is 2. The summed E-state index contributed by atoms with van der Waals surface area (Å²) in [5.41, 5.74) is 0. The van der Waals surface area contributed by atoms with E-state index in [0.717, 1.165) is 0 Å². The SMILES string of the molecule is CN(CCOc1ccc(Cl)cc1)C(=O)COC(=O)CCc1nc(-c2ccco2)no1. The number of hydrogen-bond acceptors (Lipinski definition) is 8. The van der Waals surface area contributed by atoms with Crippen LogP contribution in [0.2, 0.25) is 5.02 Å². The topological polar surface area (TPSA) is 108 Å². The molecule has 0 N–H and O–H groups in total. The van der Waals surface area contributed by atoms with Crippen molar-refractivity contribution in [1.82, 2.24) is 15.0 Å². The van der Waals surface area contributed by atoms with Crippen LogP contribution in [0, 0.1) is 0 Å². The Labute approximate surface area is 177 Å². The van der Waals surface area contributed by atoms with Gasteiger partial charge in [0, 0.05) is 18.5 Å². The Balaban J connectivity index is 1.32. The number of halogens is 1. The van der Waals surface area contributed by atoms with Crippen LogP contribution in [-0.4, -0.2) is 53.7 Å². The van der Waals surface area contributed by atoms with Crippen LogP contribution in [0.5, 0.6) is 5.75 Å². The van der Waals surface area contributed by atoms with E-state index >= 15 is 0 Å². The molecule has 0 unspecified atom stereocenters. The molecule has 30 heavy (non-hydrogen) atoms. The molecule has 1 aromatic carbocycles. The van der Waals surface area contributed by atoms with Gasteiger partial charge in [0.1, 0.15) is 12.4 Å². The number of likely N-dealkylation sites (N-methyl/N-ethyl adjacent to an activating group) is 1. The van der Waals surface area contributed by atoms with Gasteiger partial charge in [0.15, 0.2) is 12.4 Å². The number of furan rings is 1. The summed E-state index contributed by atoms with van der Waals surface area (Å²) >= 11 is 5.81. The largest absolute Gasteiger partial charge is 0.492 e. The van der Waals surface area contributed by atoms with Crippen LogP contribution >= 0.6 is 11.6 Å². The molecule has 2 heterocycles. The first-order valence-electron chi connectivity index (χ1n) is 9.15. The molecule has 0 aliphatic rings. The molecule has 10 heteroatoms. The van der Waals surface area contributed by atoms with E-state index < -0.39 is 5.97 Å². The Morgan fingerprint density at radius 1 is 1.20 bits per heavy atom. The maximum absolute atomic E-state index is 12.1. The van der Waals surface area contributed by atoms with Gasteiger partial charge in [-0.1, -0.05) is 16.8 Å². The zero-order chi connectivity index (χ0) is 21.3. The number of carbonyl (C=O) groups is 2. The van der Waals surface area contributed by atoms with Gasteiger partial charge in [0.25, 0.3) is 5.91 Å². The van der Waals surface area contributed by atoms with E-state index in [1.165, 1.54) is 11.2 Å². The van der Waals surface area contributed by atoms with Gasteiger partial charge in [-0.25, -0.2) is 0 Å². The summed E-state index contributed by atoms with van der Waals surface area (Å²) in [5, 5.41) is 4.40. The summed E-state index contributed by atoms with van der Waals surface area (Å²) in [5.74, 6) is 0.846. The Morgan fingerprint density at radius 2 is 2.00 bits per heavy atom. The summed E-state index contributed by atoms with van der Waals surface area (Å²) in [6.45, 7) is 0.293. The number of benzene rings is 1. The minimum absolute atomic E-state index is 0.0104. The maximum Gasteiger partial charge on any atom is 0.306 e. The van der Waals surface area contributed by atoms with Crippen LogP contribution < -0.4 is 4.74 Å². The zero-order valence-corrected chi connectivity index (χ0v) is 17.0. The molecule has 3 rings (SSSR count). The first-order chi connectivity index (χ1) is 14.5. The molecule has 3 aromatic rings. The molecule has 0 radical (unpaired) electrons. The summed E-state index contributed by atoms with van der Waals surface area (Å²) in [4.78, 5) is 29.5. The third-order valence-corrected chi connectivity index (χ3v) is 4.30. The van der Waals surface area contributed by atoms with Crippen LogP contribution in [0.15, 0.2) is 51.6 Å². The number of hydrogen-bond donors (Lipinski definition) is 0. The highest BCUT2D eigenvalue weighted by atomic mass is 35.5. The Kier molecular flexibility index (Phi) is 7.45. The van der Waals surface area contributed by atoms with Crippen LogP contribution in [0.3, 0.4) is 0 Å². The van der Waals surface area contributed by atoms with E-state index in [2.05, 4.69) is 10.1 Å². The van der Waals surface area contributed by atoms with Crippen molar-refractivity contribution in [3.63, 3.8) is 0 Å². The lowest BCUT2D eigenvalue weighted by molar-refractivity contribution is -0.151. The lowest BCUT2D eigenvalue weighted by Crippen LogP contribution is -2.34. The number of amides is 1. The molecule has 0 aliphatic carbocycles. The Bertz CT molecular complexity index is 955. The van der Waals surface area contributed by atoms with Crippen molar-refractivity contribution in [2.24, 2.45) is 0 Å². The normalized spacial score (nSPS) is 10.6. The highest BCUT2D eigenvalue weighted by molar-refractivity contribution is 6.30. The number of aromatic nitrogens is 2. The second kappa shape index (κ2) is 10.4. The molecule has 9 nitrogen and oxygen atoms in total. The fraction of sp³-hybridized carbons (Fsp3) is 0.300. The smallest absolute Gasteiger partial charge is 0.306 e. The molecule has 0 saturated heterocycles. The summed E-state index contributed by atoms with van der Waals surface area (Å²) in [7, 11) is 1.61. The molecule has 0 spiro atoms. The molecule has 0 fully saturated rings. The number of ether oxygens (including phenoxy) is 2. The summed E-state index contributed by atoms with van der Waals surface area (Å²) in [6.07, 6.45) is 1.71. The lowest BCUT2D eigenvalue weighted by Gasteiger charge is -2.17. The van der Waals surface area contributed by atoms with Gasteiger partial charge in [-0.05, 0) is 36.4 Å². The molecule has 0 bridgehead atoms. The predicted octanol–water partition coefficient (Wildman–Crippen LogP) is 3.00. The van der Waals surface area contributed by atoms with Crippen LogP contribution in [0.4, 0.5) is 0 Å². The lowest BCUT2D eigenvalue weighted by atomic mass is 10.3. The van der Waals surface area contributed by atoms with E-state index in [0.29, 0.717) is 35.5 Å². The molecular formula is C20H20ClN3O6. The third-order valence-electron chi connectivity index (χ3n) is 4.04. The number of esters is 1. The van der Waals surface area contributed by atoms with Crippen molar-refractivity contribution in [2.45, 2.75) is 12.8 Å². The van der Waals surface area contributed by atoms with Crippen LogP contribution in [-0.2, 0) is 20.7 Å². The van der Waals surface area contributed by atoms with Gasteiger partial charge in [0.2, 0.25) is 11.7 Å². The maximum atomic E-state index is 12.1. The van der Waals surface area contributed by atoms with E-state index in [-0.39, 0.29) is 31.2 Å². The standard InChI is InChI=1S/C20H20ClN3O6/c1-24(10-12-27-15-6-4-14(21)5-7-15)18(25)13-29-19(26)9-8-17-22-20(23-30-17)16-3-2-11-28-16/h2-7,11H,8-10,12-13H2,1H3. The molecule has 0 saturated carbocycles. The predicted molar refractivity (Wildman–Crippen MR) is 106 cm³/mol. The number of nitrogens with zero attached hydrogens (tertiary/aromatic N) is 3. The highest BCUT2D eigenvalue weighted by Crippen LogP contribution is 2.16. The third kappa shape index (κ3) is 6.35. The van der Waals surface area contributed by atoms with E-state index in [1.54, 1.807) is 43.4 Å². The van der Waals surface area contributed by atoms with Crippen molar-refractivity contribution >= 4 is 23.5 Å². The van der Waals surface area contributed by atoms with Gasteiger partial charge in [-0.15, -0.1) is 0 Å². The summed E-state index contributed by atoms with van der Waals surface area (Å²) in [6, 6.07) is 10.3. The van der Waals surface area contributed by atoms with E-state index in [9.17, 15) is 9.59 Å². The van der Waals surface area contributed by atoms with Crippen molar-refractivity contribution in [3.05, 3.63) is 53.6 Å². The van der Waals surface area contributed by atoms with E-state index in [4.69, 9.17) is 30.0 Å². The van der Waals surface area contributed by atoms with Crippen molar-refractivity contribution in [2.75, 3.05) is 26.8 Å². The average Bonchev–Trinajstić information content (AvgIpc) is 3.43. The first kappa shape index (κ1) is 21.4. The van der Waals surface area contributed by atoms with Gasteiger partial charge in [0.05, 0.1) is 19.2 Å². The minimum atomic E-state index is -0.535. The second-order valence-corrected chi connectivity index (χ2v) is 6.70. The minimum Gasteiger partial charge on any atom is -0.492 e. The molecule has 0 aliphatic heterocycles. The van der Waals surface area contributed by atoms with Gasteiger partial charge >= 0.3 is 5.97 Å². The van der Waals surface area contributed by atoms with Crippen molar-refractivity contribution in [1.29, 1.82) is 0 Å². The van der Waals surface area contributed by atoms with Gasteiger partial charge < -0.3 is 23.3 Å². The van der Waals surface area contributed by atoms with Crippen molar-refractivity contribution in [3.8, 4) is 17.3 Å². The molecular weight excluding hydrogens is 414 g/mol. The average molecular weight is 434 g/mol. The molecule has 1 amide bonds. The number of aryl methyl sites for hydroxylation is 1. The Hall–Kier alpha value is -3.33. The molecule has 2 aromatic heterocycles. The summed E-state index contributed by atoms with van der Waals surface area (Å²) < 4.78 is 20.8. The quantitative estimate of drug-likeness (QED) is 0.449. The van der Waals surface area contributed by atoms with Crippen LogP contribution in [0.25, 0.3) is 11.6 Å². The number of rotatable bonds is 10. The van der Waals surface area contributed by atoms with Crippen molar-refractivity contribution < 1.29 is 28.0 Å². The second-order valence-electron chi connectivity index (χ2n) is 6.27. The highest BCUT2D eigenvalue weighted by Gasteiger charge is 2.15. The fourth-order valence-electron chi connectivity index (χ4n) is 2.35. The van der Waals surface area contributed by atoms with E-state index in [1.807, 2.05) is 0 Å². The fourth-order valence-corrected chi connectivity index (χ4v) is 2.48. The van der Waals surface area contributed by atoms with Crippen LogP contribution in [0.1, 0.15) is 12.3 Å². The molecule has 158 valence electrons. The Morgan fingerprint density at radius 3 is 2.73 bits per heavy atom. The molecule has 0 atom stereocenters.